The Kier molecular flexibility index (Phi) is 1.88. The number of rotatable bonds is 0. The minimum absolute atomic E-state index is 0.302. The van der Waals surface area contributed by atoms with Crippen LogP contribution in [0.15, 0.2) is 0 Å². The molecule has 0 aromatic rings. The molecule has 0 aromatic carbocycles. The summed E-state index contributed by atoms with van der Waals surface area (Å²) in [4.78, 5) is 1.47. The van der Waals surface area contributed by atoms with Crippen LogP contribution in [0.25, 0.3) is 0 Å². The molecule has 0 saturated carbocycles. The fraction of sp³-hybridized carbons (Fsp3) is 0.833. The smallest absolute Gasteiger partial charge is 0.179 e. The van der Waals surface area contributed by atoms with E-state index in [-0.39, 0.29) is 0 Å². The molecule has 1 unspecified atom stereocenters. The van der Waals surface area contributed by atoms with Gasteiger partial charge in [0.15, 0.2) is 6.19 Å². The maximum Gasteiger partial charge on any atom is 0.179 e. The maximum atomic E-state index is 12.4. The van der Waals surface area contributed by atoms with Crippen molar-refractivity contribution in [2.24, 2.45) is 0 Å². The van der Waals surface area contributed by atoms with E-state index in [1.807, 2.05) is 6.19 Å². The number of hydrogen-bond acceptors (Lipinski definition) is 2. The van der Waals surface area contributed by atoms with Gasteiger partial charge >= 0.3 is 0 Å². The molecule has 1 heterocycles. The fourth-order valence-electron chi connectivity index (χ4n) is 1.02. The summed E-state index contributed by atoms with van der Waals surface area (Å²) in [6.45, 7) is 1.04. The first kappa shape index (κ1) is 6.34. The summed E-state index contributed by atoms with van der Waals surface area (Å²) in [5.41, 5.74) is 0. The predicted molar refractivity (Wildman–Crippen MR) is 31.3 cm³/mol. The highest BCUT2D eigenvalue weighted by Gasteiger charge is 2.16. The molecule has 1 aliphatic rings. The lowest BCUT2D eigenvalue weighted by Crippen LogP contribution is -2.32. The van der Waals surface area contributed by atoms with Crippen LogP contribution < -0.4 is 0 Å². The standard InChI is InChI=1S/C6H9FN2/c7-6-2-1-3-9(4-6)5-8/h6H,1-4H2. The summed E-state index contributed by atoms with van der Waals surface area (Å²) in [6.07, 6.45) is 2.59. The molecular formula is C6H9FN2. The van der Waals surface area contributed by atoms with Crippen LogP contribution in [0.2, 0.25) is 0 Å². The first-order chi connectivity index (χ1) is 4.33. The van der Waals surface area contributed by atoms with E-state index in [1.165, 1.54) is 4.90 Å². The number of halogens is 1. The molecule has 0 bridgehead atoms. The molecule has 3 heteroatoms. The van der Waals surface area contributed by atoms with Crippen molar-refractivity contribution in [3.05, 3.63) is 0 Å². The van der Waals surface area contributed by atoms with Gasteiger partial charge in [0.1, 0.15) is 6.17 Å². The van der Waals surface area contributed by atoms with Crippen molar-refractivity contribution in [1.82, 2.24) is 4.90 Å². The Balaban J connectivity index is 2.34. The van der Waals surface area contributed by atoms with E-state index in [0.717, 1.165) is 13.0 Å². The number of hydrogen-bond donors (Lipinski definition) is 0. The molecule has 0 amide bonds. The highest BCUT2D eigenvalue weighted by atomic mass is 19.1. The summed E-state index contributed by atoms with van der Waals surface area (Å²) >= 11 is 0. The third-order valence-electron chi connectivity index (χ3n) is 1.51. The van der Waals surface area contributed by atoms with Crippen LogP contribution in [0.4, 0.5) is 4.39 Å². The Morgan fingerprint density at radius 2 is 2.44 bits per heavy atom. The SMILES string of the molecule is N#CN1CCCC(F)C1. The van der Waals surface area contributed by atoms with E-state index in [1.54, 1.807) is 0 Å². The second kappa shape index (κ2) is 2.67. The van der Waals surface area contributed by atoms with Gasteiger partial charge in [0.25, 0.3) is 0 Å². The zero-order chi connectivity index (χ0) is 6.69. The molecule has 2 nitrogen and oxygen atoms in total. The first-order valence-electron chi connectivity index (χ1n) is 3.11. The van der Waals surface area contributed by atoms with Gasteiger partial charge in [-0.15, -0.1) is 0 Å². The van der Waals surface area contributed by atoms with Gasteiger partial charge < -0.3 is 4.90 Å². The van der Waals surface area contributed by atoms with Crippen LogP contribution >= 0.6 is 0 Å². The largest absolute Gasteiger partial charge is 0.308 e. The van der Waals surface area contributed by atoms with Crippen molar-refractivity contribution < 1.29 is 4.39 Å². The number of alkyl halides is 1. The highest BCUT2D eigenvalue weighted by Crippen LogP contribution is 2.10. The molecule has 0 N–H and O–H groups in total. The summed E-state index contributed by atoms with van der Waals surface area (Å²) in [7, 11) is 0. The Bertz CT molecular complexity index is 130. The van der Waals surface area contributed by atoms with E-state index in [0.29, 0.717) is 13.0 Å². The molecule has 0 aromatic heterocycles. The minimum Gasteiger partial charge on any atom is -0.308 e. The molecule has 50 valence electrons. The van der Waals surface area contributed by atoms with Crippen molar-refractivity contribution in [1.29, 1.82) is 5.26 Å². The van der Waals surface area contributed by atoms with Gasteiger partial charge in [-0.2, -0.15) is 5.26 Å². The predicted octanol–water partition coefficient (Wildman–Crippen LogP) is 0.901. The maximum absolute atomic E-state index is 12.4. The Labute approximate surface area is 53.9 Å². The third kappa shape index (κ3) is 1.56. The monoisotopic (exact) mass is 128 g/mol. The molecule has 0 aliphatic carbocycles. The fourth-order valence-corrected chi connectivity index (χ4v) is 1.02. The van der Waals surface area contributed by atoms with Gasteiger partial charge in [-0.3, -0.25) is 0 Å². The average molecular weight is 128 g/mol. The lowest BCUT2D eigenvalue weighted by atomic mass is 10.1. The van der Waals surface area contributed by atoms with Gasteiger partial charge in [0.2, 0.25) is 0 Å². The van der Waals surface area contributed by atoms with Gasteiger partial charge in [0.05, 0.1) is 6.54 Å². The highest BCUT2D eigenvalue weighted by molar-refractivity contribution is 4.80. The minimum atomic E-state index is -0.779. The van der Waals surface area contributed by atoms with Crippen LogP contribution in [0.3, 0.4) is 0 Å². The zero-order valence-electron chi connectivity index (χ0n) is 5.18. The molecule has 0 radical (unpaired) electrons. The lowest BCUT2D eigenvalue weighted by Gasteiger charge is -2.23. The van der Waals surface area contributed by atoms with Crippen LogP contribution in [0.5, 0.6) is 0 Å². The number of piperidine rings is 1. The van der Waals surface area contributed by atoms with Gasteiger partial charge in [0, 0.05) is 6.54 Å². The molecule has 1 atom stereocenters. The van der Waals surface area contributed by atoms with Crippen molar-refractivity contribution >= 4 is 0 Å². The van der Waals surface area contributed by atoms with E-state index in [2.05, 4.69) is 0 Å². The average Bonchev–Trinajstić information content (AvgIpc) is 1.88. The molecule has 9 heavy (non-hydrogen) atoms. The normalized spacial score (nSPS) is 27.6. The zero-order valence-corrected chi connectivity index (χ0v) is 5.18. The summed E-state index contributed by atoms with van der Waals surface area (Å²) in [6, 6.07) is 0. The topological polar surface area (TPSA) is 27.0 Å². The van der Waals surface area contributed by atoms with Gasteiger partial charge in [-0.05, 0) is 12.8 Å². The molecule has 1 rings (SSSR count). The van der Waals surface area contributed by atoms with Crippen LogP contribution in [0, 0.1) is 11.5 Å². The summed E-state index contributed by atoms with van der Waals surface area (Å²) in [5.74, 6) is 0. The van der Waals surface area contributed by atoms with E-state index in [9.17, 15) is 4.39 Å². The van der Waals surface area contributed by atoms with Gasteiger partial charge in [-0.25, -0.2) is 4.39 Å². The van der Waals surface area contributed by atoms with E-state index >= 15 is 0 Å². The lowest BCUT2D eigenvalue weighted by molar-refractivity contribution is 0.186. The molecule has 1 saturated heterocycles. The van der Waals surface area contributed by atoms with Crippen molar-refractivity contribution in [2.75, 3.05) is 13.1 Å². The van der Waals surface area contributed by atoms with Crippen molar-refractivity contribution in [2.45, 2.75) is 19.0 Å². The summed E-state index contributed by atoms with van der Waals surface area (Å²) in [5, 5.41) is 8.32. The van der Waals surface area contributed by atoms with Crippen LogP contribution in [0.1, 0.15) is 12.8 Å². The second-order valence-corrected chi connectivity index (χ2v) is 2.29. The molecule has 1 aliphatic heterocycles. The van der Waals surface area contributed by atoms with E-state index in [4.69, 9.17) is 5.26 Å². The summed E-state index contributed by atoms with van der Waals surface area (Å²) < 4.78 is 12.4. The van der Waals surface area contributed by atoms with Crippen molar-refractivity contribution in [3.63, 3.8) is 0 Å². The third-order valence-corrected chi connectivity index (χ3v) is 1.51. The van der Waals surface area contributed by atoms with Crippen molar-refractivity contribution in [3.8, 4) is 6.19 Å². The van der Waals surface area contributed by atoms with Gasteiger partial charge in [-0.1, -0.05) is 0 Å². The molecular weight excluding hydrogens is 119 g/mol. The Morgan fingerprint density at radius 1 is 1.67 bits per heavy atom. The number of nitriles is 1. The quantitative estimate of drug-likeness (QED) is 0.453. The Hall–Kier alpha value is -0.780. The van der Waals surface area contributed by atoms with Crippen LogP contribution in [-0.2, 0) is 0 Å². The first-order valence-corrected chi connectivity index (χ1v) is 3.11. The Morgan fingerprint density at radius 3 is 2.89 bits per heavy atom. The molecule has 1 fully saturated rings. The number of nitrogens with zero attached hydrogens (tertiary/aromatic N) is 2. The molecule has 0 spiro atoms. The van der Waals surface area contributed by atoms with Crippen LogP contribution in [-0.4, -0.2) is 24.2 Å². The number of likely N-dealkylation sites (tertiary alicyclic amines) is 1. The second-order valence-electron chi connectivity index (χ2n) is 2.29. The van der Waals surface area contributed by atoms with E-state index < -0.39 is 6.17 Å².